The van der Waals surface area contributed by atoms with Crippen LogP contribution in [-0.2, 0) is 36.6 Å². The molecule has 2 aromatic heterocycles. The van der Waals surface area contributed by atoms with Gasteiger partial charge in [-0.2, -0.15) is 10.2 Å². The summed E-state index contributed by atoms with van der Waals surface area (Å²) in [7, 11) is 6.11. The molecule has 1 N–H and O–H groups in total. The fraction of sp³-hybridized carbons (Fsp3) is 0.433. The van der Waals surface area contributed by atoms with Crippen LogP contribution < -0.4 is 5.32 Å². The Balaban J connectivity index is 1.39. The molecule has 0 saturated carbocycles. The lowest BCUT2D eigenvalue weighted by atomic mass is 9.92. The molecule has 0 fully saturated rings. The number of aromatic nitrogens is 4. The number of fused-ring (bicyclic) bond motifs is 1. The van der Waals surface area contributed by atoms with E-state index in [4.69, 9.17) is 0 Å². The highest BCUT2D eigenvalue weighted by Gasteiger charge is 2.20. The quantitative estimate of drug-likeness (QED) is 0.294. The predicted octanol–water partition coefficient (Wildman–Crippen LogP) is 5.51. The van der Waals surface area contributed by atoms with E-state index in [9.17, 15) is 4.79 Å². The van der Waals surface area contributed by atoms with Gasteiger partial charge in [0.1, 0.15) is 5.78 Å². The van der Waals surface area contributed by atoms with Gasteiger partial charge in [0.25, 0.3) is 0 Å². The molecule has 4 rings (SSSR count). The van der Waals surface area contributed by atoms with E-state index >= 15 is 0 Å². The van der Waals surface area contributed by atoms with Gasteiger partial charge in [-0.15, -0.1) is 0 Å². The van der Waals surface area contributed by atoms with Crippen molar-refractivity contribution in [1.29, 1.82) is 0 Å². The second-order valence-electron chi connectivity index (χ2n) is 11.2. The summed E-state index contributed by atoms with van der Waals surface area (Å²) < 4.78 is 3.92. The third-order valence-corrected chi connectivity index (χ3v) is 6.71. The summed E-state index contributed by atoms with van der Waals surface area (Å²) in [5, 5.41) is 13.9. The van der Waals surface area contributed by atoms with Gasteiger partial charge in [0.05, 0.1) is 17.4 Å². The van der Waals surface area contributed by atoms with E-state index in [0.717, 1.165) is 58.7 Å². The Morgan fingerprint density at radius 3 is 2.59 bits per heavy atom. The second kappa shape index (κ2) is 11.3. The molecule has 37 heavy (non-hydrogen) atoms. The minimum atomic E-state index is -0.0303. The number of aryl methyl sites for hydroxylation is 3. The maximum atomic E-state index is 12.9. The number of Topliss-reactive ketones (excluding diaryl/α,β-unsaturated/α-hetero) is 1. The van der Waals surface area contributed by atoms with Crippen LogP contribution in [0.3, 0.4) is 0 Å². The molecular formula is C30H40N6O. The summed E-state index contributed by atoms with van der Waals surface area (Å²) in [4.78, 5) is 15.0. The lowest BCUT2D eigenvalue weighted by Gasteiger charge is -2.13. The Labute approximate surface area is 220 Å². The molecular weight excluding hydrogens is 460 g/mol. The zero-order valence-corrected chi connectivity index (χ0v) is 23.1. The Kier molecular flexibility index (Phi) is 8.13. The highest BCUT2D eigenvalue weighted by atomic mass is 16.1. The first-order chi connectivity index (χ1) is 17.6. The van der Waals surface area contributed by atoms with Crippen molar-refractivity contribution in [2.75, 3.05) is 26.0 Å². The van der Waals surface area contributed by atoms with Crippen molar-refractivity contribution >= 4 is 28.1 Å². The molecule has 0 spiro atoms. The minimum Gasteiger partial charge on any atom is -0.355 e. The molecule has 0 atom stereocenters. The Morgan fingerprint density at radius 1 is 1.08 bits per heavy atom. The Hall–Kier alpha value is -3.45. The lowest BCUT2D eigenvalue weighted by molar-refractivity contribution is -0.118. The van der Waals surface area contributed by atoms with Crippen molar-refractivity contribution in [1.82, 2.24) is 24.5 Å². The molecule has 2 heterocycles. The number of nitrogens with one attached hydrogen (secondary N) is 1. The number of ketones is 1. The SMILES string of the molecule is CN(C)CCCn1ncc2cc(Nc3ccccc3CCC(=O)Cc3cc(C(C)(C)C)nn3C)ccc21. The Morgan fingerprint density at radius 2 is 1.86 bits per heavy atom. The molecule has 0 saturated heterocycles. The van der Waals surface area contributed by atoms with Gasteiger partial charge in [-0.25, -0.2) is 0 Å². The number of nitrogens with zero attached hydrogens (tertiary/aromatic N) is 5. The van der Waals surface area contributed by atoms with Crippen LogP contribution in [0.2, 0.25) is 0 Å². The Bertz CT molecular complexity index is 1360. The zero-order chi connectivity index (χ0) is 26.6. The highest BCUT2D eigenvalue weighted by Crippen LogP contribution is 2.26. The third-order valence-electron chi connectivity index (χ3n) is 6.71. The number of carbonyl (C=O) groups excluding carboxylic acids is 1. The van der Waals surface area contributed by atoms with E-state index in [2.05, 4.69) is 96.4 Å². The van der Waals surface area contributed by atoms with Gasteiger partial charge in [0.2, 0.25) is 0 Å². The first-order valence-electron chi connectivity index (χ1n) is 13.1. The normalized spacial score (nSPS) is 12.0. The van der Waals surface area contributed by atoms with E-state index in [-0.39, 0.29) is 11.2 Å². The summed E-state index contributed by atoms with van der Waals surface area (Å²) in [6, 6.07) is 16.7. The van der Waals surface area contributed by atoms with Crippen LogP contribution in [0.15, 0.2) is 54.7 Å². The average Bonchev–Trinajstić information content (AvgIpc) is 3.41. The molecule has 0 aliphatic rings. The van der Waals surface area contributed by atoms with E-state index < -0.39 is 0 Å². The van der Waals surface area contributed by atoms with Gasteiger partial charge >= 0.3 is 0 Å². The monoisotopic (exact) mass is 500 g/mol. The number of para-hydroxylation sites is 1. The van der Waals surface area contributed by atoms with Crippen LogP contribution in [0.25, 0.3) is 10.9 Å². The summed E-state index contributed by atoms with van der Waals surface area (Å²) in [6.07, 6.45) is 4.59. The number of hydrogen-bond acceptors (Lipinski definition) is 5. The van der Waals surface area contributed by atoms with Crippen LogP contribution in [0.1, 0.15) is 50.6 Å². The van der Waals surface area contributed by atoms with Crippen molar-refractivity contribution in [2.24, 2.45) is 7.05 Å². The largest absolute Gasteiger partial charge is 0.355 e. The molecule has 7 nitrogen and oxygen atoms in total. The molecule has 2 aromatic carbocycles. The summed E-state index contributed by atoms with van der Waals surface area (Å²) in [5.74, 6) is 0.223. The molecule has 0 aliphatic heterocycles. The molecule has 0 unspecified atom stereocenters. The minimum absolute atomic E-state index is 0.0303. The highest BCUT2D eigenvalue weighted by molar-refractivity contribution is 5.84. The van der Waals surface area contributed by atoms with E-state index in [0.29, 0.717) is 19.3 Å². The van der Waals surface area contributed by atoms with E-state index in [1.807, 2.05) is 30.1 Å². The van der Waals surface area contributed by atoms with Crippen molar-refractivity contribution in [3.8, 4) is 0 Å². The number of hydrogen-bond donors (Lipinski definition) is 1. The first kappa shape index (κ1) is 26.6. The second-order valence-corrected chi connectivity index (χ2v) is 11.2. The molecule has 196 valence electrons. The van der Waals surface area contributed by atoms with Gasteiger partial charge in [-0.05, 0) is 69.4 Å². The van der Waals surface area contributed by atoms with E-state index in [1.165, 1.54) is 0 Å². The topological polar surface area (TPSA) is 68.0 Å². The van der Waals surface area contributed by atoms with Gasteiger partial charge in [-0.3, -0.25) is 14.2 Å². The number of rotatable bonds is 11. The molecule has 0 aliphatic carbocycles. The van der Waals surface area contributed by atoms with Crippen molar-refractivity contribution in [3.05, 3.63) is 71.7 Å². The van der Waals surface area contributed by atoms with Crippen molar-refractivity contribution in [2.45, 2.75) is 58.4 Å². The first-order valence-corrected chi connectivity index (χ1v) is 13.1. The van der Waals surface area contributed by atoms with Crippen molar-refractivity contribution < 1.29 is 4.79 Å². The molecule has 0 amide bonds. The maximum absolute atomic E-state index is 12.9. The fourth-order valence-electron chi connectivity index (χ4n) is 4.50. The summed E-state index contributed by atoms with van der Waals surface area (Å²) in [6.45, 7) is 8.37. The maximum Gasteiger partial charge on any atom is 0.139 e. The van der Waals surface area contributed by atoms with Gasteiger partial charge in [0.15, 0.2) is 0 Å². The zero-order valence-electron chi connectivity index (χ0n) is 23.1. The average molecular weight is 501 g/mol. The molecule has 4 aromatic rings. The van der Waals surface area contributed by atoms with E-state index in [1.54, 1.807) is 0 Å². The van der Waals surface area contributed by atoms with Crippen LogP contribution in [0.4, 0.5) is 11.4 Å². The summed E-state index contributed by atoms with van der Waals surface area (Å²) in [5.41, 5.74) is 6.29. The smallest absolute Gasteiger partial charge is 0.139 e. The van der Waals surface area contributed by atoms with Crippen LogP contribution in [-0.4, -0.2) is 50.9 Å². The van der Waals surface area contributed by atoms with Crippen molar-refractivity contribution in [3.63, 3.8) is 0 Å². The van der Waals surface area contributed by atoms with Gasteiger partial charge < -0.3 is 10.2 Å². The number of carbonyl (C=O) groups is 1. The third kappa shape index (κ3) is 6.86. The predicted molar refractivity (Wildman–Crippen MR) is 152 cm³/mol. The molecule has 0 radical (unpaired) electrons. The van der Waals surface area contributed by atoms with Crippen LogP contribution >= 0.6 is 0 Å². The van der Waals surface area contributed by atoms with Crippen LogP contribution in [0.5, 0.6) is 0 Å². The van der Waals surface area contributed by atoms with Gasteiger partial charge in [0, 0.05) is 54.3 Å². The number of benzene rings is 2. The summed E-state index contributed by atoms with van der Waals surface area (Å²) >= 11 is 0. The molecule has 0 bridgehead atoms. The lowest BCUT2D eigenvalue weighted by Crippen LogP contribution is -2.15. The fourth-order valence-corrected chi connectivity index (χ4v) is 4.50. The molecule has 7 heteroatoms. The van der Waals surface area contributed by atoms with Gasteiger partial charge in [-0.1, -0.05) is 39.0 Å². The van der Waals surface area contributed by atoms with Crippen LogP contribution in [0, 0.1) is 0 Å². The standard InChI is InChI=1S/C30H40N6O/c1-30(2,3)29-20-25(35(6)33-29)19-26(37)14-12-22-10-7-8-11-27(22)32-24-13-15-28-23(18-24)21-31-36(28)17-9-16-34(4)5/h7-8,10-11,13,15,18,20-21,32H,9,12,14,16-17,19H2,1-6H3. The number of anilines is 2.